The Hall–Kier alpha value is -0.970. The summed E-state index contributed by atoms with van der Waals surface area (Å²) >= 11 is 1.78. The molecule has 0 spiro atoms. The van der Waals surface area contributed by atoms with E-state index in [-0.39, 0.29) is 0 Å². The maximum atomic E-state index is 9.25. The molecule has 1 aromatic heterocycles. The Bertz CT molecular complexity index is 492. The minimum absolute atomic E-state index is 0.316. The highest BCUT2D eigenvalue weighted by Crippen LogP contribution is 2.24. The van der Waals surface area contributed by atoms with Gasteiger partial charge in [0.05, 0.1) is 16.8 Å². The van der Waals surface area contributed by atoms with Crippen LogP contribution in [0.2, 0.25) is 0 Å². The molecule has 0 saturated carbocycles. The largest absolute Gasteiger partial charge is 0.396 e. The molecular formula is C14H18N2OS. The van der Waals surface area contributed by atoms with Crippen LogP contribution in [0.25, 0.3) is 10.2 Å². The van der Waals surface area contributed by atoms with E-state index in [1.165, 1.54) is 16.1 Å². The second-order valence-electron chi connectivity index (χ2n) is 5.00. The summed E-state index contributed by atoms with van der Waals surface area (Å²) in [5, 5.41) is 10.4. The summed E-state index contributed by atoms with van der Waals surface area (Å²) in [5.41, 5.74) is 1.10. The molecule has 1 aliphatic rings. The number of nitrogens with zero attached hydrogens (tertiary/aromatic N) is 2. The second kappa shape index (κ2) is 5.34. The molecule has 1 unspecified atom stereocenters. The van der Waals surface area contributed by atoms with Gasteiger partial charge in [0.15, 0.2) is 0 Å². The van der Waals surface area contributed by atoms with Gasteiger partial charge in [-0.25, -0.2) is 4.98 Å². The lowest BCUT2D eigenvalue weighted by atomic mass is 9.99. The van der Waals surface area contributed by atoms with Crippen LogP contribution in [0, 0.1) is 5.92 Å². The number of benzene rings is 1. The molecule has 1 atom stereocenters. The van der Waals surface area contributed by atoms with E-state index >= 15 is 0 Å². The molecule has 2 heterocycles. The number of piperidine rings is 1. The fourth-order valence-electron chi connectivity index (χ4n) is 2.62. The Kier molecular flexibility index (Phi) is 3.59. The van der Waals surface area contributed by atoms with Crippen molar-refractivity contribution in [2.75, 3.05) is 19.7 Å². The maximum Gasteiger partial charge on any atom is 0.108 e. The monoisotopic (exact) mass is 262 g/mol. The predicted molar refractivity (Wildman–Crippen MR) is 74.7 cm³/mol. The molecule has 1 fully saturated rings. The zero-order chi connectivity index (χ0) is 12.4. The van der Waals surface area contributed by atoms with Gasteiger partial charge in [-0.15, -0.1) is 11.3 Å². The Labute approximate surface area is 111 Å². The van der Waals surface area contributed by atoms with E-state index in [2.05, 4.69) is 28.1 Å². The van der Waals surface area contributed by atoms with Crippen LogP contribution >= 0.6 is 11.3 Å². The predicted octanol–water partition coefficient (Wildman–Crippen LogP) is 2.50. The highest BCUT2D eigenvalue weighted by molar-refractivity contribution is 7.18. The third-order valence-corrected chi connectivity index (χ3v) is 4.58. The van der Waals surface area contributed by atoms with E-state index in [0.717, 1.165) is 31.6 Å². The molecule has 0 bridgehead atoms. The first-order valence-electron chi connectivity index (χ1n) is 6.53. The first-order chi connectivity index (χ1) is 8.85. The molecule has 1 aliphatic heterocycles. The van der Waals surface area contributed by atoms with E-state index in [0.29, 0.717) is 12.5 Å². The van der Waals surface area contributed by atoms with E-state index in [9.17, 15) is 5.11 Å². The standard InChI is InChI=1S/C14H18N2OS/c17-10-11-4-3-7-16(8-11)9-14-15-12-5-1-2-6-13(12)18-14/h1-2,5-6,11,17H,3-4,7-10H2. The van der Waals surface area contributed by atoms with E-state index in [4.69, 9.17) is 0 Å². The lowest BCUT2D eigenvalue weighted by molar-refractivity contribution is 0.116. The summed E-state index contributed by atoms with van der Waals surface area (Å²) in [6.45, 7) is 3.38. The van der Waals surface area contributed by atoms with E-state index in [1.54, 1.807) is 11.3 Å². The zero-order valence-corrected chi connectivity index (χ0v) is 11.2. The number of hydrogen-bond acceptors (Lipinski definition) is 4. The van der Waals surface area contributed by atoms with Gasteiger partial charge in [0, 0.05) is 13.2 Å². The molecule has 3 nitrogen and oxygen atoms in total. The van der Waals surface area contributed by atoms with Crippen molar-refractivity contribution in [3.05, 3.63) is 29.3 Å². The van der Waals surface area contributed by atoms with E-state index in [1.807, 2.05) is 6.07 Å². The molecule has 1 saturated heterocycles. The summed E-state index contributed by atoms with van der Waals surface area (Å²) in [6, 6.07) is 8.30. The lowest BCUT2D eigenvalue weighted by Gasteiger charge is -2.30. The minimum atomic E-state index is 0.316. The van der Waals surface area contributed by atoms with Crippen LogP contribution in [0.1, 0.15) is 17.8 Å². The molecule has 0 aliphatic carbocycles. The molecular weight excluding hydrogens is 244 g/mol. The summed E-state index contributed by atoms with van der Waals surface area (Å²) in [6.07, 6.45) is 2.35. The first kappa shape index (κ1) is 12.1. The van der Waals surface area contributed by atoms with Gasteiger partial charge in [-0.1, -0.05) is 12.1 Å². The number of fused-ring (bicyclic) bond motifs is 1. The van der Waals surface area contributed by atoms with E-state index < -0.39 is 0 Å². The number of rotatable bonds is 3. The summed E-state index contributed by atoms with van der Waals surface area (Å²) < 4.78 is 1.27. The van der Waals surface area contributed by atoms with Crippen LogP contribution < -0.4 is 0 Å². The molecule has 3 rings (SSSR count). The smallest absolute Gasteiger partial charge is 0.108 e. The Morgan fingerprint density at radius 1 is 1.39 bits per heavy atom. The number of para-hydroxylation sites is 1. The summed E-state index contributed by atoms with van der Waals surface area (Å²) in [5.74, 6) is 0.452. The van der Waals surface area contributed by atoms with Crippen LogP contribution in [0.4, 0.5) is 0 Å². The number of aliphatic hydroxyl groups excluding tert-OH is 1. The van der Waals surface area contributed by atoms with Crippen LogP contribution in [-0.2, 0) is 6.54 Å². The van der Waals surface area contributed by atoms with Gasteiger partial charge >= 0.3 is 0 Å². The molecule has 18 heavy (non-hydrogen) atoms. The van der Waals surface area contributed by atoms with Crippen molar-refractivity contribution in [2.45, 2.75) is 19.4 Å². The number of aliphatic hydroxyl groups is 1. The molecule has 0 radical (unpaired) electrons. The average molecular weight is 262 g/mol. The third kappa shape index (κ3) is 2.55. The van der Waals surface area contributed by atoms with Gasteiger partial charge in [-0.05, 0) is 37.4 Å². The Balaban J connectivity index is 1.71. The van der Waals surface area contributed by atoms with Crippen molar-refractivity contribution in [2.24, 2.45) is 5.92 Å². The van der Waals surface area contributed by atoms with Crippen LogP contribution in [0.15, 0.2) is 24.3 Å². The lowest BCUT2D eigenvalue weighted by Crippen LogP contribution is -2.36. The van der Waals surface area contributed by atoms with Gasteiger partial charge in [0.2, 0.25) is 0 Å². The van der Waals surface area contributed by atoms with Gasteiger partial charge < -0.3 is 5.11 Å². The number of thiazole rings is 1. The fourth-order valence-corrected chi connectivity index (χ4v) is 3.63. The second-order valence-corrected chi connectivity index (χ2v) is 6.12. The Morgan fingerprint density at radius 3 is 3.11 bits per heavy atom. The molecule has 4 heteroatoms. The molecule has 1 aromatic carbocycles. The number of likely N-dealkylation sites (tertiary alicyclic amines) is 1. The van der Waals surface area contributed by atoms with Crippen LogP contribution in [0.3, 0.4) is 0 Å². The van der Waals surface area contributed by atoms with Crippen molar-refractivity contribution in [3.8, 4) is 0 Å². The van der Waals surface area contributed by atoms with Crippen molar-refractivity contribution >= 4 is 21.6 Å². The summed E-state index contributed by atoms with van der Waals surface area (Å²) in [7, 11) is 0. The van der Waals surface area contributed by atoms with Gasteiger partial charge in [-0.2, -0.15) is 0 Å². The average Bonchev–Trinajstić information content (AvgIpc) is 2.81. The van der Waals surface area contributed by atoms with Gasteiger partial charge in [0.25, 0.3) is 0 Å². The first-order valence-corrected chi connectivity index (χ1v) is 7.34. The van der Waals surface area contributed by atoms with Crippen molar-refractivity contribution in [3.63, 3.8) is 0 Å². The molecule has 2 aromatic rings. The quantitative estimate of drug-likeness (QED) is 0.923. The maximum absolute atomic E-state index is 9.25. The normalized spacial score (nSPS) is 21.5. The summed E-state index contributed by atoms with van der Waals surface area (Å²) in [4.78, 5) is 7.09. The van der Waals surface area contributed by atoms with Gasteiger partial charge in [0.1, 0.15) is 5.01 Å². The molecule has 1 N–H and O–H groups in total. The SMILES string of the molecule is OCC1CCCN(Cc2nc3ccccc3s2)C1. The topological polar surface area (TPSA) is 36.4 Å². The molecule has 0 amide bonds. The Morgan fingerprint density at radius 2 is 2.28 bits per heavy atom. The number of hydrogen-bond donors (Lipinski definition) is 1. The van der Waals surface area contributed by atoms with Crippen molar-refractivity contribution in [1.29, 1.82) is 0 Å². The molecule has 96 valence electrons. The highest BCUT2D eigenvalue weighted by Gasteiger charge is 2.20. The fraction of sp³-hybridized carbons (Fsp3) is 0.500. The highest BCUT2D eigenvalue weighted by atomic mass is 32.1. The van der Waals surface area contributed by atoms with Crippen molar-refractivity contribution < 1.29 is 5.11 Å². The number of aromatic nitrogens is 1. The van der Waals surface area contributed by atoms with Crippen LogP contribution in [0.5, 0.6) is 0 Å². The van der Waals surface area contributed by atoms with Gasteiger partial charge in [-0.3, -0.25) is 4.90 Å². The zero-order valence-electron chi connectivity index (χ0n) is 10.4. The van der Waals surface area contributed by atoms with Crippen molar-refractivity contribution in [1.82, 2.24) is 9.88 Å². The third-order valence-electron chi connectivity index (χ3n) is 3.56. The van der Waals surface area contributed by atoms with Crippen LogP contribution in [-0.4, -0.2) is 34.7 Å². The minimum Gasteiger partial charge on any atom is -0.396 e.